The number of guanidine groups is 1. The highest BCUT2D eigenvalue weighted by atomic mass is 127. The normalized spacial score (nSPS) is 14.9. The number of hydrogen-bond acceptors (Lipinski definition) is 4. The topological polar surface area (TPSA) is 53.0 Å². The number of aryl methyl sites for hydroxylation is 1. The predicted molar refractivity (Wildman–Crippen MR) is 134 cm³/mol. The van der Waals surface area contributed by atoms with Crippen LogP contribution in [0.3, 0.4) is 0 Å². The molecule has 0 spiro atoms. The van der Waals surface area contributed by atoms with E-state index < -0.39 is 0 Å². The van der Waals surface area contributed by atoms with Crippen LogP contribution < -0.4 is 10.1 Å². The Morgan fingerprint density at radius 1 is 1.13 bits per heavy atom. The van der Waals surface area contributed by atoms with Gasteiger partial charge in [0.05, 0.1) is 0 Å². The third-order valence-electron chi connectivity index (χ3n) is 5.21. The molecule has 1 saturated heterocycles. The largest absolute Gasteiger partial charge is 0.492 e. The van der Waals surface area contributed by atoms with Gasteiger partial charge in [0.2, 0.25) is 0 Å². The number of benzene rings is 1. The number of halogens is 1. The van der Waals surface area contributed by atoms with E-state index in [0.29, 0.717) is 0 Å². The van der Waals surface area contributed by atoms with E-state index in [9.17, 15) is 0 Å². The highest BCUT2D eigenvalue weighted by molar-refractivity contribution is 14.0. The molecule has 0 atom stereocenters. The van der Waals surface area contributed by atoms with E-state index in [0.717, 1.165) is 70.6 Å². The average molecular weight is 523 g/mol. The van der Waals surface area contributed by atoms with Gasteiger partial charge in [-0.3, -0.25) is 14.9 Å². The quantitative estimate of drug-likeness (QED) is 0.327. The fourth-order valence-electron chi connectivity index (χ4n) is 3.48. The first-order valence-electron chi connectivity index (χ1n) is 10.6. The number of pyridine rings is 1. The summed E-state index contributed by atoms with van der Waals surface area (Å²) in [4.78, 5) is 13.9. The summed E-state index contributed by atoms with van der Waals surface area (Å²) in [6.07, 6.45) is 4.73. The molecule has 3 rings (SSSR count). The Labute approximate surface area is 197 Å². The first kappa shape index (κ1) is 24.4. The van der Waals surface area contributed by atoms with E-state index >= 15 is 0 Å². The Hall–Kier alpha value is -1.87. The van der Waals surface area contributed by atoms with Gasteiger partial charge in [-0.05, 0) is 49.6 Å². The predicted octanol–water partition coefficient (Wildman–Crippen LogP) is 3.21. The van der Waals surface area contributed by atoms with Crippen LogP contribution in [0.4, 0.5) is 0 Å². The number of nitrogens with one attached hydrogen (secondary N) is 1. The highest BCUT2D eigenvalue weighted by Gasteiger charge is 2.19. The van der Waals surface area contributed by atoms with Crippen molar-refractivity contribution in [1.82, 2.24) is 20.1 Å². The van der Waals surface area contributed by atoms with Gasteiger partial charge in [-0.25, -0.2) is 0 Å². The fraction of sp³-hybridized carbons (Fsp3) is 0.478. The van der Waals surface area contributed by atoms with Crippen LogP contribution in [0.25, 0.3) is 0 Å². The third kappa shape index (κ3) is 7.75. The molecule has 164 valence electrons. The maximum atomic E-state index is 5.83. The van der Waals surface area contributed by atoms with Crippen LogP contribution >= 0.6 is 24.0 Å². The fourth-order valence-corrected chi connectivity index (χ4v) is 3.48. The van der Waals surface area contributed by atoms with Gasteiger partial charge in [-0.1, -0.05) is 18.2 Å². The van der Waals surface area contributed by atoms with Crippen molar-refractivity contribution in [3.8, 4) is 5.75 Å². The van der Waals surface area contributed by atoms with E-state index in [1.54, 1.807) is 0 Å². The monoisotopic (exact) mass is 523 g/mol. The van der Waals surface area contributed by atoms with Crippen molar-refractivity contribution in [2.45, 2.75) is 20.3 Å². The number of aliphatic imine (C=N–C) groups is 1. The van der Waals surface area contributed by atoms with Crippen LogP contribution in [-0.2, 0) is 6.42 Å². The summed E-state index contributed by atoms with van der Waals surface area (Å²) in [6, 6.07) is 12.1. The minimum Gasteiger partial charge on any atom is -0.492 e. The lowest BCUT2D eigenvalue weighted by molar-refractivity contribution is 0.152. The molecule has 1 aliphatic rings. The van der Waals surface area contributed by atoms with E-state index in [1.807, 2.05) is 42.7 Å². The van der Waals surface area contributed by atoms with E-state index in [1.165, 1.54) is 11.1 Å². The van der Waals surface area contributed by atoms with Gasteiger partial charge in [0.1, 0.15) is 12.4 Å². The molecular weight excluding hydrogens is 489 g/mol. The van der Waals surface area contributed by atoms with Crippen molar-refractivity contribution in [2.75, 3.05) is 52.4 Å². The van der Waals surface area contributed by atoms with Gasteiger partial charge in [-0.2, -0.15) is 0 Å². The van der Waals surface area contributed by atoms with Crippen molar-refractivity contribution >= 4 is 29.9 Å². The van der Waals surface area contributed by atoms with Gasteiger partial charge < -0.3 is 15.0 Å². The SMILES string of the molecule is CCNC(=NCCc1ccncc1C)N1CCN(CCOc2ccccc2)CC1.I. The number of hydrogen-bond donors (Lipinski definition) is 1. The number of nitrogens with zero attached hydrogens (tertiary/aromatic N) is 4. The molecule has 7 heteroatoms. The highest BCUT2D eigenvalue weighted by Crippen LogP contribution is 2.09. The molecule has 2 aromatic rings. The van der Waals surface area contributed by atoms with E-state index in [4.69, 9.17) is 9.73 Å². The molecule has 1 aliphatic heterocycles. The third-order valence-corrected chi connectivity index (χ3v) is 5.21. The number of piperazine rings is 1. The minimum absolute atomic E-state index is 0. The second-order valence-electron chi connectivity index (χ2n) is 7.28. The zero-order chi connectivity index (χ0) is 20.3. The summed E-state index contributed by atoms with van der Waals surface area (Å²) in [5.74, 6) is 1.97. The molecule has 6 nitrogen and oxygen atoms in total. The molecule has 1 N–H and O–H groups in total. The lowest BCUT2D eigenvalue weighted by Crippen LogP contribution is -2.53. The van der Waals surface area contributed by atoms with Gasteiger partial charge in [0.15, 0.2) is 5.96 Å². The van der Waals surface area contributed by atoms with Gasteiger partial charge in [0.25, 0.3) is 0 Å². The van der Waals surface area contributed by atoms with Gasteiger partial charge in [-0.15, -0.1) is 24.0 Å². The second-order valence-corrected chi connectivity index (χ2v) is 7.28. The first-order valence-corrected chi connectivity index (χ1v) is 10.6. The van der Waals surface area contributed by atoms with Crippen LogP contribution in [-0.4, -0.2) is 73.2 Å². The minimum atomic E-state index is 0. The van der Waals surface area contributed by atoms with Crippen LogP contribution in [0.15, 0.2) is 53.8 Å². The van der Waals surface area contributed by atoms with Crippen molar-refractivity contribution in [3.63, 3.8) is 0 Å². The van der Waals surface area contributed by atoms with E-state index in [-0.39, 0.29) is 24.0 Å². The Morgan fingerprint density at radius 3 is 2.60 bits per heavy atom. The van der Waals surface area contributed by atoms with Crippen LogP contribution in [0.1, 0.15) is 18.1 Å². The summed E-state index contributed by atoms with van der Waals surface area (Å²) in [5.41, 5.74) is 2.56. The number of para-hydroxylation sites is 1. The molecule has 0 saturated carbocycles. The second kappa shape index (κ2) is 13.4. The summed E-state index contributed by atoms with van der Waals surface area (Å²) >= 11 is 0. The lowest BCUT2D eigenvalue weighted by Gasteiger charge is -2.36. The number of rotatable bonds is 8. The molecule has 2 heterocycles. The smallest absolute Gasteiger partial charge is 0.194 e. The first-order chi connectivity index (χ1) is 14.3. The summed E-state index contributed by atoms with van der Waals surface area (Å²) in [6.45, 7) is 11.6. The maximum absolute atomic E-state index is 5.83. The zero-order valence-electron chi connectivity index (χ0n) is 18.1. The van der Waals surface area contributed by atoms with Crippen molar-refractivity contribution in [2.24, 2.45) is 4.99 Å². The summed E-state index contributed by atoms with van der Waals surface area (Å²) in [7, 11) is 0. The molecule has 0 unspecified atom stereocenters. The van der Waals surface area contributed by atoms with Crippen LogP contribution in [0.5, 0.6) is 5.75 Å². The standard InChI is InChI=1S/C23H33N5O.HI/c1-3-25-23(26-12-10-21-9-11-24-19-20(21)2)28-15-13-27(14-16-28)17-18-29-22-7-5-4-6-8-22;/h4-9,11,19H,3,10,12-18H2,1-2H3,(H,25,26);1H. The van der Waals surface area contributed by atoms with E-state index in [2.05, 4.69) is 40.0 Å². The van der Waals surface area contributed by atoms with Crippen LogP contribution in [0, 0.1) is 6.92 Å². The Morgan fingerprint density at radius 2 is 1.90 bits per heavy atom. The summed E-state index contributed by atoms with van der Waals surface area (Å²) < 4.78 is 5.83. The molecular formula is C23H34IN5O. The maximum Gasteiger partial charge on any atom is 0.194 e. The molecule has 1 aromatic heterocycles. The van der Waals surface area contributed by atoms with Crippen molar-refractivity contribution in [1.29, 1.82) is 0 Å². The molecule has 30 heavy (non-hydrogen) atoms. The molecule has 0 amide bonds. The van der Waals surface area contributed by atoms with Gasteiger partial charge in [0, 0.05) is 58.2 Å². The molecule has 0 radical (unpaired) electrons. The molecule has 0 aliphatic carbocycles. The lowest BCUT2D eigenvalue weighted by atomic mass is 10.1. The van der Waals surface area contributed by atoms with Crippen molar-refractivity contribution in [3.05, 3.63) is 59.9 Å². The molecule has 1 aromatic carbocycles. The molecule has 0 bridgehead atoms. The Kier molecular flexibility index (Phi) is 10.9. The average Bonchev–Trinajstić information content (AvgIpc) is 2.76. The zero-order valence-corrected chi connectivity index (χ0v) is 20.4. The number of aromatic nitrogens is 1. The molecule has 1 fully saturated rings. The van der Waals surface area contributed by atoms with Crippen LogP contribution in [0.2, 0.25) is 0 Å². The van der Waals surface area contributed by atoms with Gasteiger partial charge >= 0.3 is 0 Å². The summed E-state index contributed by atoms with van der Waals surface area (Å²) in [5, 5.41) is 3.45. The Bertz CT molecular complexity index is 763. The number of ether oxygens (including phenoxy) is 1. The Balaban J connectivity index is 0.00000320. The van der Waals surface area contributed by atoms with Crippen molar-refractivity contribution < 1.29 is 4.74 Å².